The maximum absolute atomic E-state index is 13.3. The summed E-state index contributed by atoms with van der Waals surface area (Å²) >= 11 is 3.50. The summed E-state index contributed by atoms with van der Waals surface area (Å²) in [6, 6.07) is 14.4. The molecule has 1 amide bonds. The molecule has 0 radical (unpaired) electrons. The van der Waals surface area contributed by atoms with E-state index >= 15 is 0 Å². The normalized spacial score (nSPS) is 16.2. The second kappa shape index (κ2) is 7.53. The molecule has 0 aliphatic carbocycles. The minimum absolute atomic E-state index is 0.134. The fourth-order valence-corrected chi connectivity index (χ4v) is 4.20. The molecule has 4 rings (SSSR count). The lowest BCUT2D eigenvalue weighted by Crippen LogP contribution is -2.32. The lowest BCUT2D eigenvalue weighted by atomic mass is 9.98. The zero-order valence-electron chi connectivity index (χ0n) is 15.8. The van der Waals surface area contributed by atoms with E-state index in [1.165, 1.54) is 0 Å². The Bertz CT molecular complexity index is 1110. The highest BCUT2D eigenvalue weighted by molar-refractivity contribution is 9.10. The van der Waals surface area contributed by atoms with E-state index < -0.39 is 6.04 Å². The summed E-state index contributed by atoms with van der Waals surface area (Å²) in [5.41, 5.74) is 1.65. The van der Waals surface area contributed by atoms with Crippen molar-refractivity contribution in [2.24, 2.45) is 0 Å². The third kappa shape index (κ3) is 3.27. The lowest BCUT2D eigenvalue weighted by Gasteiger charge is -2.26. The van der Waals surface area contributed by atoms with Gasteiger partial charge in [0.25, 0.3) is 5.91 Å². The Labute approximate surface area is 171 Å². The van der Waals surface area contributed by atoms with Gasteiger partial charge < -0.3 is 14.2 Å². The van der Waals surface area contributed by atoms with Crippen molar-refractivity contribution in [3.05, 3.63) is 80.1 Å². The molecule has 1 aromatic heterocycles. The molecule has 1 aliphatic heterocycles. The molecule has 5 nitrogen and oxygen atoms in total. The van der Waals surface area contributed by atoms with Gasteiger partial charge in [0, 0.05) is 11.0 Å². The van der Waals surface area contributed by atoms with Crippen molar-refractivity contribution in [2.75, 3.05) is 27.2 Å². The average Bonchev–Trinajstić information content (AvgIpc) is 2.94. The summed E-state index contributed by atoms with van der Waals surface area (Å²) in [6.45, 7) is 1.41. The van der Waals surface area contributed by atoms with Gasteiger partial charge in [-0.15, -0.1) is 0 Å². The minimum Gasteiger partial charge on any atom is -0.450 e. The largest absolute Gasteiger partial charge is 0.450 e. The fourth-order valence-electron chi connectivity index (χ4n) is 3.78. The molecule has 144 valence electrons. The highest BCUT2D eigenvalue weighted by atomic mass is 79.9. The van der Waals surface area contributed by atoms with Gasteiger partial charge in [0.1, 0.15) is 5.58 Å². The number of hydrogen-bond donors (Lipinski definition) is 0. The van der Waals surface area contributed by atoms with Gasteiger partial charge in [-0.2, -0.15) is 0 Å². The topological polar surface area (TPSA) is 53.8 Å². The van der Waals surface area contributed by atoms with Gasteiger partial charge in [-0.25, -0.2) is 0 Å². The predicted molar refractivity (Wildman–Crippen MR) is 113 cm³/mol. The Hall–Kier alpha value is -2.44. The molecule has 0 bridgehead atoms. The molecule has 1 atom stereocenters. The van der Waals surface area contributed by atoms with Crippen molar-refractivity contribution in [1.29, 1.82) is 0 Å². The molecule has 0 N–H and O–H groups in total. The number of benzene rings is 2. The van der Waals surface area contributed by atoms with Crippen LogP contribution >= 0.6 is 15.9 Å². The quantitative estimate of drug-likeness (QED) is 0.600. The molecular weight excluding hydrogens is 420 g/mol. The second-order valence-corrected chi connectivity index (χ2v) is 8.20. The van der Waals surface area contributed by atoms with E-state index in [2.05, 4.69) is 20.8 Å². The first-order valence-corrected chi connectivity index (χ1v) is 10.0. The van der Waals surface area contributed by atoms with Crippen LogP contribution < -0.4 is 5.43 Å². The number of carbonyl (C=O) groups excluding carboxylic acids is 1. The maximum atomic E-state index is 13.3. The summed E-state index contributed by atoms with van der Waals surface area (Å²) in [5, 5.41) is 0.504. The molecule has 0 unspecified atom stereocenters. The van der Waals surface area contributed by atoms with E-state index in [4.69, 9.17) is 4.42 Å². The van der Waals surface area contributed by atoms with Crippen LogP contribution in [0.25, 0.3) is 11.0 Å². The van der Waals surface area contributed by atoms with Gasteiger partial charge in [-0.3, -0.25) is 9.59 Å². The van der Waals surface area contributed by atoms with Crippen molar-refractivity contribution in [3.63, 3.8) is 0 Å². The molecule has 0 saturated heterocycles. The van der Waals surface area contributed by atoms with Gasteiger partial charge in [0.15, 0.2) is 5.43 Å². The maximum Gasteiger partial charge on any atom is 0.290 e. The molecule has 0 spiro atoms. The number of nitrogens with zero attached hydrogens (tertiary/aromatic N) is 2. The molecule has 3 aromatic rings. The smallest absolute Gasteiger partial charge is 0.290 e. The van der Waals surface area contributed by atoms with Gasteiger partial charge in [0.2, 0.25) is 5.76 Å². The second-order valence-electron chi connectivity index (χ2n) is 7.28. The SMILES string of the molecule is CN(C)CCCN1C(=O)c2oc3ccccc3c(=O)c2[C@@H]1c1cccc(Br)c1. The van der Waals surface area contributed by atoms with Crippen molar-refractivity contribution in [2.45, 2.75) is 12.5 Å². The Morgan fingerprint density at radius 3 is 2.64 bits per heavy atom. The minimum atomic E-state index is -0.442. The Kier molecular flexibility index (Phi) is 5.08. The highest BCUT2D eigenvalue weighted by Crippen LogP contribution is 2.38. The van der Waals surface area contributed by atoms with Crippen LogP contribution in [0.5, 0.6) is 0 Å². The molecule has 1 aliphatic rings. The van der Waals surface area contributed by atoms with E-state index in [0.29, 0.717) is 23.1 Å². The third-order valence-corrected chi connectivity index (χ3v) is 5.54. The van der Waals surface area contributed by atoms with E-state index in [-0.39, 0.29) is 17.1 Å². The Balaban J connectivity index is 1.88. The van der Waals surface area contributed by atoms with Crippen LogP contribution in [0.4, 0.5) is 0 Å². The number of fused-ring (bicyclic) bond motifs is 2. The number of hydrogen-bond acceptors (Lipinski definition) is 4. The van der Waals surface area contributed by atoms with Crippen LogP contribution in [-0.2, 0) is 0 Å². The van der Waals surface area contributed by atoms with Gasteiger partial charge in [0.05, 0.1) is 17.0 Å². The Morgan fingerprint density at radius 2 is 1.89 bits per heavy atom. The molecule has 28 heavy (non-hydrogen) atoms. The summed E-state index contributed by atoms with van der Waals surface area (Å²) in [5.74, 6) is -0.0555. The van der Waals surface area contributed by atoms with E-state index in [9.17, 15) is 9.59 Å². The van der Waals surface area contributed by atoms with Gasteiger partial charge in [-0.05, 0) is 56.9 Å². The van der Waals surface area contributed by atoms with Gasteiger partial charge >= 0.3 is 0 Å². The van der Waals surface area contributed by atoms with Crippen molar-refractivity contribution < 1.29 is 9.21 Å². The Morgan fingerprint density at radius 1 is 1.11 bits per heavy atom. The van der Waals surface area contributed by atoms with Crippen LogP contribution in [0, 0.1) is 0 Å². The monoisotopic (exact) mass is 440 g/mol. The van der Waals surface area contributed by atoms with E-state index in [0.717, 1.165) is 23.0 Å². The summed E-state index contributed by atoms with van der Waals surface area (Å²) in [4.78, 5) is 30.4. The first-order chi connectivity index (χ1) is 13.5. The van der Waals surface area contributed by atoms with Crippen molar-refractivity contribution in [1.82, 2.24) is 9.80 Å². The summed E-state index contributed by atoms with van der Waals surface area (Å²) in [7, 11) is 4.01. The average molecular weight is 441 g/mol. The summed E-state index contributed by atoms with van der Waals surface area (Å²) < 4.78 is 6.83. The molecule has 0 fully saturated rings. The van der Waals surface area contributed by atoms with Crippen LogP contribution in [0.2, 0.25) is 0 Å². The van der Waals surface area contributed by atoms with Crippen LogP contribution in [0.15, 0.2) is 62.2 Å². The molecule has 2 aromatic carbocycles. The zero-order chi connectivity index (χ0) is 19.8. The number of rotatable bonds is 5. The van der Waals surface area contributed by atoms with Crippen LogP contribution in [0.3, 0.4) is 0 Å². The number of para-hydroxylation sites is 1. The predicted octanol–water partition coefficient (Wildman–Crippen LogP) is 4.05. The van der Waals surface area contributed by atoms with Gasteiger partial charge in [-0.1, -0.05) is 40.2 Å². The molecule has 6 heteroatoms. The van der Waals surface area contributed by atoms with E-state index in [1.54, 1.807) is 23.1 Å². The van der Waals surface area contributed by atoms with Crippen molar-refractivity contribution in [3.8, 4) is 0 Å². The molecule has 0 saturated carbocycles. The number of halogens is 1. The third-order valence-electron chi connectivity index (χ3n) is 5.04. The number of amides is 1. The van der Waals surface area contributed by atoms with Crippen LogP contribution in [0.1, 0.15) is 34.1 Å². The first kappa shape index (κ1) is 18.9. The van der Waals surface area contributed by atoms with E-state index in [1.807, 2.05) is 44.4 Å². The van der Waals surface area contributed by atoms with Crippen molar-refractivity contribution >= 4 is 32.8 Å². The highest BCUT2D eigenvalue weighted by Gasteiger charge is 2.42. The first-order valence-electron chi connectivity index (χ1n) is 9.24. The summed E-state index contributed by atoms with van der Waals surface area (Å²) in [6.07, 6.45) is 0.810. The molecule has 2 heterocycles. The zero-order valence-corrected chi connectivity index (χ0v) is 17.4. The van der Waals surface area contributed by atoms with Crippen LogP contribution in [-0.4, -0.2) is 42.9 Å². The lowest BCUT2D eigenvalue weighted by molar-refractivity contribution is 0.0722. The molecular formula is C22H21BrN2O3. The standard InChI is InChI=1S/C22H21BrN2O3/c1-24(2)11-6-12-25-19(14-7-5-8-15(23)13-14)18-20(26)16-9-3-4-10-17(16)28-21(18)22(25)27/h3-5,7-10,13,19H,6,11-12H2,1-2H3/t19-/m0/s1. The fraction of sp³-hybridized carbons (Fsp3) is 0.273. The number of carbonyl (C=O) groups is 1.